The van der Waals surface area contributed by atoms with Gasteiger partial charge in [-0.25, -0.2) is 0 Å². The van der Waals surface area contributed by atoms with Gasteiger partial charge in [0.15, 0.2) is 4.84 Å². The number of halogens is 2. The Morgan fingerprint density at radius 2 is 2.31 bits per heavy atom. The summed E-state index contributed by atoms with van der Waals surface area (Å²) in [6.07, 6.45) is 0.790. The van der Waals surface area contributed by atoms with Gasteiger partial charge in [-0.2, -0.15) is 0 Å². The number of aromatic nitrogens is 2. The molecule has 1 heterocycles. The fourth-order valence-corrected chi connectivity index (χ4v) is 1.40. The summed E-state index contributed by atoms with van der Waals surface area (Å²) in [6.45, 7) is 1.96. The molecule has 0 saturated heterocycles. The van der Waals surface area contributed by atoms with Crippen molar-refractivity contribution >= 4 is 45.6 Å². The van der Waals surface area contributed by atoms with Crippen LogP contribution in [0.4, 0.5) is 5.13 Å². The Kier molecular flexibility index (Phi) is 3.90. The summed E-state index contributed by atoms with van der Waals surface area (Å²) in [5.74, 6) is -0.484. The van der Waals surface area contributed by atoms with Gasteiger partial charge in [-0.1, -0.05) is 41.5 Å². The molecule has 0 unspecified atom stereocenters. The number of hydrogen-bond acceptors (Lipinski definition) is 4. The molecule has 1 N–H and O–H groups in total. The molecule has 72 valence electrons. The zero-order valence-corrected chi connectivity index (χ0v) is 9.08. The van der Waals surface area contributed by atoms with Gasteiger partial charge in [0.05, 0.1) is 0 Å². The SMILES string of the molecule is CCc1nnc(NC(=O)C(Cl)Cl)s1. The van der Waals surface area contributed by atoms with Crippen LogP contribution < -0.4 is 5.32 Å². The van der Waals surface area contributed by atoms with Gasteiger partial charge in [0.2, 0.25) is 5.13 Å². The molecule has 4 nitrogen and oxygen atoms in total. The molecule has 0 aliphatic carbocycles. The average molecular weight is 240 g/mol. The van der Waals surface area contributed by atoms with Crippen LogP contribution in [0, 0.1) is 0 Å². The third-order valence-corrected chi connectivity index (χ3v) is 2.58. The second-order valence-electron chi connectivity index (χ2n) is 2.14. The summed E-state index contributed by atoms with van der Waals surface area (Å²) in [7, 11) is 0. The number of carbonyl (C=O) groups excluding carboxylic acids is 1. The van der Waals surface area contributed by atoms with Gasteiger partial charge >= 0.3 is 0 Å². The number of alkyl halides is 2. The van der Waals surface area contributed by atoms with E-state index in [0.29, 0.717) is 5.13 Å². The van der Waals surface area contributed by atoms with Gasteiger partial charge in [-0.3, -0.25) is 10.1 Å². The maximum absolute atomic E-state index is 11.0. The molecule has 0 fully saturated rings. The zero-order valence-electron chi connectivity index (χ0n) is 6.75. The fourth-order valence-electron chi connectivity index (χ4n) is 0.607. The largest absolute Gasteiger partial charge is 0.298 e. The summed E-state index contributed by atoms with van der Waals surface area (Å²) >= 11 is 12.0. The van der Waals surface area contributed by atoms with E-state index in [2.05, 4.69) is 15.5 Å². The molecule has 13 heavy (non-hydrogen) atoms. The molecular weight excluding hydrogens is 233 g/mol. The van der Waals surface area contributed by atoms with Gasteiger partial charge in [-0.15, -0.1) is 10.2 Å². The standard InChI is InChI=1S/C6H7Cl2N3OS/c1-2-3-10-11-6(13-3)9-5(12)4(7)8/h4H,2H2,1H3,(H,9,11,12). The molecule has 1 amide bonds. The summed E-state index contributed by atoms with van der Waals surface area (Å²) < 4.78 is 0. The molecule has 0 aliphatic heterocycles. The van der Waals surface area contributed by atoms with Gasteiger partial charge in [0.25, 0.3) is 5.91 Å². The van der Waals surface area contributed by atoms with Gasteiger partial charge in [0, 0.05) is 0 Å². The number of anilines is 1. The fraction of sp³-hybridized carbons (Fsp3) is 0.500. The van der Waals surface area contributed by atoms with Crippen molar-refractivity contribution < 1.29 is 4.79 Å². The first kappa shape index (κ1) is 10.7. The van der Waals surface area contributed by atoms with Crippen LogP contribution in [-0.2, 0) is 11.2 Å². The van der Waals surface area contributed by atoms with E-state index < -0.39 is 10.7 Å². The van der Waals surface area contributed by atoms with Crippen molar-refractivity contribution in [3.63, 3.8) is 0 Å². The second kappa shape index (κ2) is 4.74. The Balaban J connectivity index is 2.59. The Hall–Kier alpha value is -0.390. The number of aryl methyl sites for hydroxylation is 1. The lowest BCUT2D eigenvalue weighted by atomic mass is 10.5. The molecule has 1 rings (SSSR count). The van der Waals surface area contributed by atoms with Crippen LogP contribution >= 0.6 is 34.5 Å². The molecule has 0 spiro atoms. The first-order chi connectivity index (χ1) is 6.13. The predicted octanol–water partition coefficient (Wildman–Crippen LogP) is 1.84. The van der Waals surface area contributed by atoms with E-state index in [4.69, 9.17) is 23.2 Å². The highest BCUT2D eigenvalue weighted by Crippen LogP contribution is 2.16. The monoisotopic (exact) mass is 239 g/mol. The first-order valence-electron chi connectivity index (χ1n) is 3.55. The molecule has 1 aromatic heterocycles. The van der Waals surface area contributed by atoms with Crippen molar-refractivity contribution in [2.75, 3.05) is 5.32 Å². The molecule has 0 atom stereocenters. The maximum atomic E-state index is 11.0. The third kappa shape index (κ3) is 3.10. The zero-order chi connectivity index (χ0) is 9.84. The predicted molar refractivity (Wildman–Crippen MR) is 53.4 cm³/mol. The van der Waals surface area contributed by atoms with Crippen molar-refractivity contribution in [3.8, 4) is 0 Å². The average Bonchev–Trinajstić information content (AvgIpc) is 2.52. The number of rotatable bonds is 3. The van der Waals surface area contributed by atoms with Crippen molar-refractivity contribution in [1.29, 1.82) is 0 Å². The van der Waals surface area contributed by atoms with Crippen molar-refractivity contribution in [2.24, 2.45) is 0 Å². The van der Waals surface area contributed by atoms with E-state index in [1.807, 2.05) is 6.92 Å². The minimum Gasteiger partial charge on any atom is -0.298 e. The molecule has 1 aromatic rings. The van der Waals surface area contributed by atoms with Gasteiger partial charge < -0.3 is 0 Å². The van der Waals surface area contributed by atoms with E-state index in [9.17, 15) is 4.79 Å². The highest BCUT2D eigenvalue weighted by Gasteiger charge is 2.13. The van der Waals surface area contributed by atoms with E-state index in [-0.39, 0.29) is 0 Å². The quantitative estimate of drug-likeness (QED) is 0.820. The number of carbonyl (C=O) groups is 1. The van der Waals surface area contributed by atoms with Crippen LogP contribution in [0.1, 0.15) is 11.9 Å². The normalized spacial score (nSPS) is 10.5. The second-order valence-corrected chi connectivity index (χ2v) is 4.30. The highest BCUT2D eigenvalue weighted by atomic mass is 35.5. The Morgan fingerprint density at radius 1 is 1.62 bits per heavy atom. The number of nitrogens with one attached hydrogen (secondary N) is 1. The molecule has 0 radical (unpaired) electrons. The van der Waals surface area contributed by atoms with Crippen molar-refractivity contribution in [3.05, 3.63) is 5.01 Å². The summed E-state index contributed by atoms with van der Waals surface area (Å²) in [5, 5.41) is 11.3. The third-order valence-electron chi connectivity index (χ3n) is 1.20. The van der Waals surface area contributed by atoms with Crippen LogP contribution in [0.15, 0.2) is 0 Å². The Morgan fingerprint density at radius 3 is 2.77 bits per heavy atom. The number of nitrogens with zero attached hydrogens (tertiary/aromatic N) is 2. The van der Waals surface area contributed by atoms with Gasteiger partial charge in [0.1, 0.15) is 5.01 Å². The minimum atomic E-state index is -1.08. The lowest BCUT2D eigenvalue weighted by molar-refractivity contribution is -0.114. The summed E-state index contributed by atoms with van der Waals surface area (Å²) in [5.41, 5.74) is 0. The van der Waals surface area contributed by atoms with Crippen LogP contribution in [-0.4, -0.2) is 20.9 Å². The summed E-state index contributed by atoms with van der Waals surface area (Å²) in [6, 6.07) is 0. The lowest BCUT2D eigenvalue weighted by Gasteiger charge is -1.98. The van der Waals surface area contributed by atoms with Crippen LogP contribution in [0.3, 0.4) is 0 Å². The molecule has 0 bridgehead atoms. The maximum Gasteiger partial charge on any atom is 0.259 e. The molecular formula is C6H7Cl2N3OS. The Labute approximate surface area is 89.3 Å². The van der Waals surface area contributed by atoms with Crippen LogP contribution in [0.2, 0.25) is 0 Å². The molecule has 0 saturated carbocycles. The molecule has 0 aromatic carbocycles. The highest BCUT2D eigenvalue weighted by molar-refractivity contribution is 7.15. The molecule has 7 heteroatoms. The number of amides is 1. The Bertz CT molecular complexity index is 302. The minimum absolute atomic E-state index is 0.424. The topological polar surface area (TPSA) is 54.9 Å². The van der Waals surface area contributed by atoms with E-state index in [0.717, 1.165) is 11.4 Å². The lowest BCUT2D eigenvalue weighted by Crippen LogP contribution is -2.18. The first-order valence-corrected chi connectivity index (χ1v) is 5.23. The summed E-state index contributed by atoms with van der Waals surface area (Å²) in [4.78, 5) is 9.90. The molecule has 0 aliphatic rings. The van der Waals surface area contributed by atoms with E-state index in [1.54, 1.807) is 0 Å². The van der Waals surface area contributed by atoms with Crippen molar-refractivity contribution in [2.45, 2.75) is 18.2 Å². The smallest absolute Gasteiger partial charge is 0.259 e. The van der Waals surface area contributed by atoms with Crippen LogP contribution in [0.25, 0.3) is 0 Å². The number of hydrogen-bond donors (Lipinski definition) is 1. The van der Waals surface area contributed by atoms with Crippen molar-refractivity contribution in [1.82, 2.24) is 10.2 Å². The van der Waals surface area contributed by atoms with E-state index in [1.165, 1.54) is 11.3 Å². The van der Waals surface area contributed by atoms with Crippen LogP contribution in [0.5, 0.6) is 0 Å². The van der Waals surface area contributed by atoms with E-state index >= 15 is 0 Å². The van der Waals surface area contributed by atoms with Gasteiger partial charge in [-0.05, 0) is 6.42 Å².